The summed E-state index contributed by atoms with van der Waals surface area (Å²) in [5.74, 6) is 0.239. The van der Waals surface area contributed by atoms with Gasteiger partial charge in [0.05, 0.1) is 17.7 Å². The number of benzene rings is 2. The van der Waals surface area contributed by atoms with E-state index < -0.39 is 10.0 Å². The molecule has 2 heterocycles. The zero-order chi connectivity index (χ0) is 22.6. The van der Waals surface area contributed by atoms with Crippen LogP contribution in [-0.4, -0.2) is 29.9 Å². The molecule has 32 heavy (non-hydrogen) atoms. The molecule has 9 heteroatoms. The maximum absolute atomic E-state index is 13.1. The van der Waals surface area contributed by atoms with Crippen molar-refractivity contribution in [1.29, 1.82) is 0 Å². The number of carbonyl (C=O) groups excluding carboxylic acids is 1. The number of hydrogen-bond acceptors (Lipinski definition) is 5. The van der Waals surface area contributed by atoms with Crippen molar-refractivity contribution in [2.24, 2.45) is 0 Å². The van der Waals surface area contributed by atoms with E-state index in [1.165, 1.54) is 0 Å². The lowest BCUT2D eigenvalue weighted by molar-refractivity contribution is 0.101. The fraction of sp³-hybridized carbons (Fsp3) is 0.130. The third-order valence-corrected chi connectivity index (χ3v) is 6.10. The Balaban J connectivity index is 1.58. The first-order valence-electron chi connectivity index (χ1n) is 10.1. The summed E-state index contributed by atoms with van der Waals surface area (Å²) in [7, 11) is -3.38. The number of furan rings is 1. The Kier molecular flexibility index (Phi) is 6.09. The molecule has 4 rings (SSSR count). The predicted octanol–water partition coefficient (Wildman–Crippen LogP) is 4.54. The molecule has 0 atom stereocenters. The van der Waals surface area contributed by atoms with Crippen LogP contribution in [0, 0.1) is 0 Å². The second kappa shape index (κ2) is 9.11. The van der Waals surface area contributed by atoms with Gasteiger partial charge in [-0.2, -0.15) is 5.10 Å². The number of nitrogens with zero attached hydrogens (tertiary/aromatic N) is 2. The summed E-state index contributed by atoms with van der Waals surface area (Å²) in [4.78, 5) is 13.1. The van der Waals surface area contributed by atoms with Gasteiger partial charge in [-0.05, 0) is 55.0 Å². The van der Waals surface area contributed by atoms with Crippen LogP contribution in [0.3, 0.4) is 0 Å². The van der Waals surface area contributed by atoms with Gasteiger partial charge in [0.1, 0.15) is 11.4 Å². The predicted molar refractivity (Wildman–Crippen MR) is 123 cm³/mol. The molecule has 2 aromatic carbocycles. The smallest absolute Gasteiger partial charge is 0.274 e. The molecule has 1 amide bonds. The molecule has 164 valence electrons. The molecule has 2 N–H and O–H groups in total. The Bertz CT molecular complexity index is 1300. The maximum Gasteiger partial charge on any atom is 0.274 e. The highest BCUT2D eigenvalue weighted by Crippen LogP contribution is 2.23. The number of aromatic nitrogens is 2. The molecular weight excluding hydrogens is 428 g/mol. The Hall–Kier alpha value is -3.85. The number of carbonyl (C=O) groups is 1. The highest BCUT2D eigenvalue weighted by Gasteiger charge is 2.19. The summed E-state index contributed by atoms with van der Waals surface area (Å²) in [5, 5.41) is 7.38. The molecule has 2 aromatic heterocycles. The number of anilines is 2. The van der Waals surface area contributed by atoms with Crippen molar-refractivity contribution in [3.05, 3.63) is 84.8 Å². The SMILES string of the molecule is CCCS(=O)(=O)Nc1ccc(NC(=O)c2cc(-c3ccco3)nn2-c2ccccc2)cc1. The molecule has 0 aliphatic heterocycles. The number of sulfonamides is 1. The van der Waals surface area contributed by atoms with E-state index in [2.05, 4.69) is 15.1 Å². The molecule has 0 aliphatic carbocycles. The molecule has 8 nitrogen and oxygen atoms in total. The molecule has 0 saturated carbocycles. The van der Waals surface area contributed by atoms with Crippen molar-refractivity contribution < 1.29 is 17.6 Å². The molecule has 0 fully saturated rings. The second-order valence-corrected chi connectivity index (χ2v) is 8.93. The summed E-state index contributed by atoms with van der Waals surface area (Å²) in [5.41, 5.74) is 2.55. The summed E-state index contributed by atoms with van der Waals surface area (Å²) in [6.45, 7) is 1.80. The van der Waals surface area contributed by atoms with Crippen molar-refractivity contribution in [3.8, 4) is 17.1 Å². The van der Waals surface area contributed by atoms with Crippen LogP contribution in [0.5, 0.6) is 0 Å². The lowest BCUT2D eigenvalue weighted by atomic mass is 10.2. The molecule has 0 saturated heterocycles. The van der Waals surface area contributed by atoms with Crippen molar-refractivity contribution in [1.82, 2.24) is 9.78 Å². The van der Waals surface area contributed by atoms with Crippen LogP contribution >= 0.6 is 0 Å². The Morgan fingerprint density at radius 3 is 2.38 bits per heavy atom. The minimum absolute atomic E-state index is 0.0486. The molecule has 4 aromatic rings. The summed E-state index contributed by atoms with van der Waals surface area (Å²) >= 11 is 0. The summed E-state index contributed by atoms with van der Waals surface area (Å²) < 4.78 is 33.3. The molecule has 0 spiro atoms. The van der Waals surface area contributed by atoms with Crippen LogP contribution in [0.4, 0.5) is 11.4 Å². The zero-order valence-electron chi connectivity index (χ0n) is 17.4. The van der Waals surface area contributed by atoms with Gasteiger partial charge < -0.3 is 9.73 Å². The molecular formula is C23H22N4O4S. The van der Waals surface area contributed by atoms with Gasteiger partial charge in [0.2, 0.25) is 10.0 Å². The van der Waals surface area contributed by atoms with Crippen molar-refractivity contribution >= 4 is 27.3 Å². The van der Waals surface area contributed by atoms with Crippen molar-refractivity contribution in [2.45, 2.75) is 13.3 Å². The topological polar surface area (TPSA) is 106 Å². The fourth-order valence-electron chi connectivity index (χ4n) is 3.17. The van der Waals surface area contributed by atoms with Gasteiger partial charge >= 0.3 is 0 Å². The van der Waals surface area contributed by atoms with Gasteiger partial charge in [-0.15, -0.1) is 0 Å². The standard InChI is InChI=1S/C23H22N4O4S/c1-2-15-32(29,30)26-18-12-10-17(11-13-18)24-23(28)21-16-20(22-9-6-14-31-22)25-27(21)19-7-4-3-5-8-19/h3-14,16,26H,2,15H2,1H3,(H,24,28). The fourth-order valence-corrected chi connectivity index (χ4v) is 4.30. The number of para-hydroxylation sites is 1. The van der Waals surface area contributed by atoms with Gasteiger partial charge in [-0.25, -0.2) is 13.1 Å². The van der Waals surface area contributed by atoms with Crippen LogP contribution in [-0.2, 0) is 10.0 Å². The number of nitrogens with one attached hydrogen (secondary N) is 2. The third kappa shape index (κ3) is 4.89. The van der Waals surface area contributed by atoms with E-state index >= 15 is 0 Å². The first-order chi connectivity index (χ1) is 15.4. The Labute approximate surface area is 185 Å². The van der Waals surface area contributed by atoms with Crippen molar-refractivity contribution in [2.75, 3.05) is 15.8 Å². The first-order valence-corrected chi connectivity index (χ1v) is 11.7. The zero-order valence-corrected chi connectivity index (χ0v) is 18.2. The number of rotatable bonds is 8. The minimum atomic E-state index is -3.38. The van der Waals surface area contributed by atoms with E-state index in [9.17, 15) is 13.2 Å². The average Bonchev–Trinajstić information content (AvgIpc) is 3.45. The van der Waals surface area contributed by atoms with Crippen LogP contribution < -0.4 is 10.0 Å². The van der Waals surface area contributed by atoms with E-state index in [-0.39, 0.29) is 11.7 Å². The van der Waals surface area contributed by atoms with Crippen LogP contribution in [0.15, 0.2) is 83.5 Å². The lowest BCUT2D eigenvalue weighted by Crippen LogP contribution is -2.17. The second-order valence-electron chi connectivity index (χ2n) is 7.09. The van der Waals surface area contributed by atoms with Crippen LogP contribution in [0.2, 0.25) is 0 Å². The Morgan fingerprint density at radius 2 is 1.72 bits per heavy atom. The Morgan fingerprint density at radius 1 is 1.00 bits per heavy atom. The molecule has 0 radical (unpaired) electrons. The first kappa shape index (κ1) is 21.4. The van der Waals surface area contributed by atoms with E-state index in [0.29, 0.717) is 34.9 Å². The van der Waals surface area contributed by atoms with Gasteiger partial charge in [0, 0.05) is 17.4 Å². The monoisotopic (exact) mass is 450 g/mol. The normalized spacial score (nSPS) is 11.3. The molecule has 0 bridgehead atoms. The molecule has 0 aliphatic rings. The highest BCUT2D eigenvalue weighted by atomic mass is 32.2. The van der Waals surface area contributed by atoms with Crippen LogP contribution in [0.1, 0.15) is 23.8 Å². The summed E-state index contributed by atoms with van der Waals surface area (Å²) in [6.07, 6.45) is 2.07. The average molecular weight is 451 g/mol. The number of hydrogen-bond donors (Lipinski definition) is 2. The largest absolute Gasteiger partial charge is 0.463 e. The minimum Gasteiger partial charge on any atom is -0.463 e. The van der Waals surface area contributed by atoms with Gasteiger partial charge in [-0.3, -0.25) is 9.52 Å². The lowest BCUT2D eigenvalue weighted by Gasteiger charge is -2.10. The van der Waals surface area contributed by atoms with Gasteiger partial charge in [-0.1, -0.05) is 25.1 Å². The van der Waals surface area contributed by atoms with Crippen LogP contribution in [0.25, 0.3) is 17.1 Å². The number of amides is 1. The van der Waals surface area contributed by atoms with E-state index in [1.807, 2.05) is 30.3 Å². The van der Waals surface area contributed by atoms with E-state index in [1.54, 1.807) is 60.3 Å². The highest BCUT2D eigenvalue weighted by molar-refractivity contribution is 7.92. The van der Waals surface area contributed by atoms with Gasteiger partial charge in [0.15, 0.2) is 5.76 Å². The van der Waals surface area contributed by atoms with Crippen molar-refractivity contribution in [3.63, 3.8) is 0 Å². The molecule has 0 unspecified atom stereocenters. The quantitative estimate of drug-likeness (QED) is 0.410. The van der Waals surface area contributed by atoms with E-state index in [4.69, 9.17) is 4.42 Å². The maximum atomic E-state index is 13.1. The van der Waals surface area contributed by atoms with E-state index in [0.717, 1.165) is 5.69 Å². The van der Waals surface area contributed by atoms with Gasteiger partial charge in [0.25, 0.3) is 5.91 Å². The third-order valence-electron chi connectivity index (χ3n) is 4.61. The summed E-state index contributed by atoms with van der Waals surface area (Å²) in [6, 6.07) is 21.0.